The maximum absolute atomic E-state index is 13.1. The van der Waals surface area contributed by atoms with E-state index < -0.39 is 11.6 Å². The van der Waals surface area contributed by atoms with E-state index in [0.717, 1.165) is 40.2 Å². The topological polar surface area (TPSA) is 78.5 Å². The number of rotatable bonds is 4. The Hall–Kier alpha value is -2.67. The molecule has 4 rings (SSSR count). The molecule has 1 unspecified atom stereocenters. The standard InChI is InChI=1S/C20H21N3O3S/c1-2-13-5-3-6-14(11-13)21-17(24)12-23-18(25)20(22-19(23)26)9-4-7-16-15(20)8-10-27-16/h3,5-6,8,10-11H,2,4,7,9,12H2,1H3,(H,21,24)(H,22,26). The number of imide groups is 1. The van der Waals surface area contributed by atoms with E-state index in [-0.39, 0.29) is 18.4 Å². The van der Waals surface area contributed by atoms with Crippen LogP contribution in [0.1, 0.15) is 35.8 Å². The molecule has 1 atom stereocenters. The van der Waals surface area contributed by atoms with Gasteiger partial charge in [0.15, 0.2) is 0 Å². The molecule has 1 aromatic carbocycles. The number of hydrogen-bond acceptors (Lipinski definition) is 4. The van der Waals surface area contributed by atoms with Crippen LogP contribution >= 0.6 is 11.3 Å². The van der Waals surface area contributed by atoms with Gasteiger partial charge in [0.25, 0.3) is 5.91 Å². The van der Waals surface area contributed by atoms with Crippen LogP contribution in [0.3, 0.4) is 0 Å². The van der Waals surface area contributed by atoms with E-state index in [9.17, 15) is 14.4 Å². The Morgan fingerprint density at radius 2 is 2.19 bits per heavy atom. The fourth-order valence-electron chi connectivity index (χ4n) is 3.90. The average Bonchev–Trinajstić information content (AvgIpc) is 3.23. The third-order valence-electron chi connectivity index (χ3n) is 5.26. The summed E-state index contributed by atoms with van der Waals surface area (Å²) in [5.74, 6) is -0.713. The number of carbonyl (C=O) groups is 3. The Kier molecular flexibility index (Phi) is 4.47. The molecule has 6 nitrogen and oxygen atoms in total. The van der Waals surface area contributed by atoms with Crippen molar-refractivity contribution in [2.24, 2.45) is 0 Å². The van der Waals surface area contributed by atoms with Gasteiger partial charge in [0.2, 0.25) is 5.91 Å². The first-order chi connectivity index (χ1) is 13.0. The highest BCUT2D eigenvalue weighted by Gasteiger charge is 2.54. The highest BCUT2D eigenvalue weighted by atomic mass is 32.1. The Bertz CT molecular complexity index is 923. The van der Waals surface area contributed by atoms with E-state index in [2.05, 4.69) is 10.6 Å². The molecule has 4 amide bonds. The maximum Gasteiger partial charge on any atom is 0.325 e. The molecule has 0 radical (unpaired) electrons. The molecule has 140 valence electrons. The lowest BCUT2D eigenvalue weighted by Crippen LogP contribution is -2.46. The maximum atomic E-state index is 13.1. The number of amides is 4. The Balaban J connectivity index is 1.51. The Morgan fingerprint density at radius 3 is 3.00 bits per heavy atom. The molecule has 1 aliphatic carbocycles. The molecule has 1 spiro atoms. The van der Waals surface area contributed by atoms with Crippen molar-refractivity contribution in [1.82, 2.24) is 10.2 Å². The molecule has 0 saturated carbocycles. The molecular formula is C20H21N3O3S. The predicted octanol–water partition coefficient (Wildman–Crippen LogP) is 3.03. The zero-order valence-corrected chi connectivity index (χ0v) is 15.9. The highest BCUT2D eigenvalue weighted by molar-refractivity contribution is 7.10. The van der Waals surface area contributed by atoms with Gasteiger partial charge in [-0.25, -0.2) is 4.79 Å². The summed E-state index contributed by atoms with van der Waals surface area (Å²) in [6.45, 7) is 1.75. The molecule has 27 heavy (non-hydrogen) atoms. The van der Waals surface area contributed by atoms with Crippen LogP contribution < -0.4 is 10.6 Å². The monoisotopic (exact) mass is 383 g/mol. The summed E-state index contributed by atoms with van der Waals surface area (Å²) in [5, 5.41) is 7.59. The number of aryl methyl sites for hydroxylation is 2. The van der Waals surface area contributed by atoms with E-state index in [0.29, 0.717) is 12.1 Å². The molecular weight excluding hydrogens is 362 g/mol. The normalized spacial score (nSPS) is 21.3. The molecule has 1 aromatic heterocycles. The van der Waals surface area contributed by atoms with Gasteiger partial charge in [0.1, 0.15) is 12.1 Å². The van der Waals surface area contributed by atoms with Crippen LogP contribution in [0, 0.1) is 0 Å². The largest absolute Gasteiger partial charge is 0.325 e. The molecule has 0 bridgehead atoms. The quantitative estimate of drug-likeness (QED) is 0.797. The van der Waals surface area contributed by atoms with E-state index in [1.165, 1.54) is 0 Å². The third kappa shape index (κ3) is 3.02. The van der Waals surface area contributed by atoms with Crippen LogP contribution in [-0.4, -0.2) is 29.3 Å². The molecule has 1 aliphatic heterocycles. The minimum absolute atomic E-state index is 0.289. The second-order valence-corrected chi connectivity index (χ2v) is 7.94. The first kappa shape index (κ1) is 17.7. The summed E-state index contributed by atoms with van der Waals surface area (Å²) in [7, 11) is 0. The van der Waals surface area contributed by atoms with Crippen LogP contribution in [0.4, 0.5) is 10.5 Å². The lowest BCUT2D eigenvalue weighted by molar-refractivity contribution is -0.134. The van der Waals surface area contributed by atoms with Gasteiger partial charge in [0.05, 0.1) is 0 Å². The summed E-state index contributed by atoms with van der Waals surface area (Å²) in [4.78, 5) is 40.2. The summed E-state index contributed by atoms with van der Waals surface area (Å²) < 4.78 is 0. The highest BCUT2D eigenvalue weighted by Crippen LogP contribution is 2.42. The van der Waals surface area contributed by atoms with Crippen molar-refractivity contribution in [3.8, 4) is 0 Å². The first-order valence-electron chi connectivity index (χ1n) is 9.13. The Labute approximate surface area is 161 Å². The molecule has 7 heteroatoms. The zero-order valence-electron chi connectivity index (χ0n) is 15.1. The SMILES string of the molecule is CCc1cccc(NC(=O)CN2C(=O)NC3(CCCc4sccc43)C2=O)c1. The predicted molar refractivity (Wildman–Crippen MR) is 104 cm³/mol. The van der Waals surface area contributed by atoms with Gasteiger partial charge in [-0.1, -0.05) is 19.1 Å². The fraction of sp³-hybridized carbons (Fsp3) is 0.350. The van der Waals surface area contributed by atoms with Crippen LogP contribution in [-0.2, 0) is 28.0 Å². The van der Waals surface area contributed by atoms with Gasteiger partial charge in [-0.3, -0.25) is 14.5 Å². The van der Waals surface area contributed by atoms with Crippen LogP contribution in [0.2, 0.25) is 0 Å². The van der Waals surface area contributed by atoms with E-state index in [4.69, 9.17) is 0 Å². The van der Waals surface area contributed by atoms with Gasteiger partial charge in [-0.15, -0.1) is 11.3 Å². The van der Waals surface area contributed by atoms with Crippen molar-refractivity contribution in [3.63, 3.8) is 0 Å². The summed E-state index contributed by atoms with van der Waals surface area (Å²) in [6, 6.07) is 8.96. The fourth-order valence-corrected chi connectivity index (χ4v) is 4.90. The molecule has 2 aromatic rings. The second kappa shape index (κ2) is 6.81. The van der Waals surface area contributed by atoms with Gasteiger partial charge >= 0.3 is 6.03 Å². The lowest BCUT2D eigenvalue weighted by atomic mass is 9.80. The van der Waals surface area contributed by atoms with Crippen LogP contribution in [0.15, 0.2) is 35.7 Å². The minimum Gasteiger partial charge on any atom is -0.325 e. The van der Waals surface area contributed by atoms with Crippen molar-refractivity contribution in [1.29, 1.82) is 0 Å². The van der Waals surface area contributed by atoms with Gasteiger partial charge in [-0.2, -0.15) is 0 Å². The number of urea groups is 1. The Morgan fingerprint density at radius 1 is 1.33 bits per heavy atom. The number of nitrogens with zero attached hydrogens (tertiary/aromatic N) is 1. The van der Waals surface area contributed by atoms with Gasteiger partial charge in [-0.05, 0) is 54.8 Å². The van der Waals surface area contributed by atoms with Gasteiger partial charge in [0, 0.05) is 16.1 Å². The number of anilines is 1. The smallest absolute Gasteiger partial charge is 0.325 e. The zero-order chi connectivity index (χ0) is 19.0. The molecule has 1 fully saturated rings. The van der Waals surface area contributed by atoms with Crippen molar-refractivity contribution in [2.45, 2.75) is 38.1 Å². The third-order valence-corrected chi connectivity index (χ3v) is 6.24. The molecule has 2 N–H and O–H groups in total. The summed E-state index contributed by atoms with van der Waals surface area (Å²) in [5.41, 5.74) is 1.65. The van der Waals surface area contributed by atoms with E-state index in [1.807, 2.05) is 36.6 Å². The van der Waals surface area contributed by atoms with Crippen LogP contribution in [0.5, 0.6) is 0 Å². The molecule has 2 heterocycles. The number of carbonyl (C=O) groups excluding carboxylic acids is 3. The summed E-state index contributed by atoms with van der Waals surface area (Å²) in [6.07, 6.45) is 3.19. The van der Waals surface area contributed by atoms with Crippen molar-refractivity contribution >= 4 is 34.9 Å². The summed E-state index contributed by atoms with van der Waals surface area (Å²) >= 11 is 1.61. The lowest BCUT2D eigenvalue weighted by Gasteiger charge is -2.31. The number of thiophene rings is 1. The number of benzene rings is 1. The number of hydrogen-bond donors (Lipinski definition) is 2. The van der Waals surface area contributed by atoms with E-state index >= 15 is 0 Å². The number of nitrogens with one attached hydrogen (secondary N) is 2. The van der Waals surface area contributed by atoms with Crippen molar-refractivity contribution in [2.75, 3.05) is 11.9 Å². The van der Waals surface area contributed by atoms with Crippen LogP contribution in [0.25, 0.3) is 0 Å². The van der Waals surface area contributed by atoms with Gasteiger partial charge < -0.3 is 10.6 Å². The van der Waals surface area contributed by atoms with Crippen molar-refractivity contribution < 1.29 is 14.4 Å². The molecule has 1 saturated heterocycles. The van der Waals surface area contributed by atoms with Crippen molar-refractivity contribution in [3.05, 3.63) is 51.7 Å². The number of fused-ring (bicyclic) bond motifs is 2. The average molecular weight is 383 g/mol. The second-order valence-electron chi connectivity index (χ2n) is 6.94. The first-order valence-corrected chi connectivity index (χ1v) is 10.0. The minimum atomic E-state index is -1.01. The van der Waals surface area contributed by atoms with E-state index in [1.54, 1.807) is 17.4 Å². The molecule has 2 aliphatic rings.